The molecule has 0 unspecified atom stereocenters. The van der Waals surface area contributed by atoms with Gasteiger partial charge in [0.2, 0.25) is 0 Å². The highest BCUT2D eigenvalue weighted by Gasteiger charge is 2.02. The molecule has 0 radical (unpaired) electrons. The molecule has 4 nitrogen and oxygen atoms in total. The first kappa shape index (κ1) is 14.0. The third kappa shape index (κ3) is 5.35. The van der Waals surface area contributed by atoms with Crippen molar-refractivity contribution in [2.45, 2.75) is 26.2 Å². The van der Waals surface area contributed by atoms with E-state index in [1.807, 2.05) is 6.07 Å². The third-order valence-electron chi connectivity index (χ3n) is 2.44. The van der Waals surface area contributed by atoms with E-state index in [0.717, 1.165) is 19.3 Å². The molecule has 1 aromatic carbocycles. The number of rotatable bonds is 7. The van der Waals surface area contributed by atoms with Gasteiger partial charge in [0.15, 0.2) is 6.61 Å². The van der Waals surface area contributed by atoms with Gasteiger partial charge in [0.1, 0.15) is 5.75 Å². The molecule has 18 heavy (non-hydrogen) atoms. The number of hydrogen-bond acceptors (Lipinski definition) is 3. The zero-order chi connectivity index (χ0) is 13.2. The monoisotopic (exact) mass is 246 g/mol. The predicted molar refractivity (Wildman–Crippen MR) is 69.2 cm³/mol. The van der Waals surface area contributed by atoms with Gasteiger partial charge in [0.25, 0.3) is 5.91 Å². The lowest BCUT2D eigenvalue weighted by atomic mass is 10.2. The molecular formula is C14H18N2O2. The summed E-state index contributed by atoms with van der Waals surface area (Å²) < 4.78 is 5.30. The zero-order valence-electron chi connectivity index (χ0n) is 10.6. The first-order chi connectivity index (χ1) is 8.76. The van der Waals surface area contributed by atoms with Crippen LogP contribution >= 0.6 is 0 Å². The standard InChI is InChI=1S/C14H18N2O2/c1-2-3-4-8-16-14(17)11-18-13-7-5-6-12(9-13)10-15/h5-7,9H,2-4,8,11H2,1H3,(H,16,17). The number of nitrogens with zero attached hydrogens (tertiary/aromatic N) is 1. The molecule has 0 heterocycles. The van der Waals surface area contributed by atoms with Gasteiger partial charge in [-0.25, -0.2) is 0 Å². The molecule has 4 heteroatoms. The Morgan fingerprint density at radius 2 is 2.28 bits per heavy atom. The van der Waals surface area contributed by atoms with Gasteiger partial charge in [-0.3, -0.25) is 4.79 Å². The molecule has 0 aliphatic carbocycles. The van der Waals surface area contributed by atoms with Crippen molar-refractivity contribution in [3.05, 3.63) is 29.8 Å². The summed E-state index contributed by atoms with van der Waals surface area (Å²) in [6.07, 6.45) is 3.24. The average molecular weight is 246 g/mol. The second kappa shape index (κ2) is 8.13. The number of carbonyl (C=O) groups excluding carboxylic acids is 1. The van der Waals surface area contributed by atoms with E-state index < -0.39 is 0 Å². The van der Waals surface area contributed by atoms with Crippen molar-refractivity contribution in [2.24, 2.45) is 0 Å². The van der Waals surface area contributed by atoms with Gasteiger partial charge in [-0.1, -0.05) is 25.8 Å². The molecule has 0 fully saturated rings. The van der Waals surface area contributed by atoms with Crippen LogP contribution in [0.5, 0.6) is 5.75 Å². The van der Waals surface area contributed by atoms with Crippen LogP contribution in [-0.2, 0) is 4.79 Å². The van der Waals surface area contributed by atoms with Crippen molar-refractivity contribution in [3.63, 3.8) is 0 Å². The third-order valence-corrected chi connectivity index (χ3v) is 2.44. The minimum absolute atomic E-state index is 0.0129. The fourth-order valence-electron chi connectivity index (χ4n) is 1.46. The van der Waals surface area contributed by atoms with E-state index in [1.54, 1.807) is 24.3 Å². The van der Waals surface area contributed by atoms with Crippen LogP contribution in [0.3, 0.4) is 0 Å². The minimum Gasteiger partial charge on any atom is -0.484 e. The fourth-order valence-corrected chi connectivity index (χ4v) is 1.46. The highest BCUT2D eigenvalue weighted by molar-refractivity contribution is 5.77. The maximum Gasteiger partial charge on any atom is 0.257 e. The topological polar surface area (TPSA) is 62.1 Å². The van der Waals surface area contributed by atoms with Gasteiger partial charge in [0, 0.05) is 6.54 Å². The van der Waals surface area contributed by atoms with Crippen LogP contribution in [0.2, 0.25) is 0 Å². The van der Waals surface area contributed by atoms with E-state index >= 15 is 0 Å². The molecule has 96 valence electrons. The van der Waals surface area contributed by atoms with E-state index in [4.69, 9.17) is 10.00 Å². The Morgan fingerprint density at radius 1 is 1.44 bits per heavy atom. The number of hydrogen-bond donors (Lipinski definition) is 1. The van der Waals surface area contributed by atoms with E-state index in [0.29, 0.717) is 17.9 Å². The van der Waals surface area contributed by atoms with Gasteiger partial charge in [-0.2, -0.15) is 5.26 Å². The highest BCUT2D eigenvalue weighted by Crippen LogP contribution is 2.12. The minimum atomic E-state index is -0.131. The van der Waals surface area contributed by atoms with Crippen molar-refractivity contribution in [2.75, 3.05) is 13.2 Å². The molecule has 0 spiro atoms. The lowest BCUT2D eigenvalue weighted by Gasteiger charge is -2.07. The smallest absolute Gasteiger partial charge is 0.257 e. The summed E-state index contributed by atoms with van der Waals surface area (Å²) in [7, 11) is 0. The number of nitrogens with one attached hydrogen (secondary N) is 1. The van der Waals surface area contributed by atoms with Crippen LogP contribution in [0.25, 0.3) is 0 Å². The molecule has 0 saturated carbocycles. The SMILES string of the molecule is CCCCCNC(=O)COc1cccc(C#N)c1. The van der Waals surface area contributed by atoms with Crippen LogP contribution in [-0.4, -0.2) is 19.1 Å². The van der Waals surface area contributed by atoms with Crippen LogP contribution in [0.4, 0.5) is 0 Å². The molecule has 0 aromatic heterocycles. The second-order valence-corrected chi connectivity index (χ2v) is 3.99. The van der Waals surface area contributed by atoms with Crippen molar-refractivity contribution in [1.82, 2.24) is 5.32 Å². The summed E-state index contributed by atoms with van der Waals surface area (Å²) in [5.74, 6) is 0.409. The quantitative estimate of drug-likeness (QED) is 0.750. The van der Waals surface area contributed by atoms with Gasteiger partial charge >= 0.3 is 0 Å². The van der Waals surface area contributed by atoms with Crippen molar-refractivity contribution in [1.29, 1.82) is 5.26 Å². The van der Waals surface area contributed by atoms with Crippen LogP contribution < -0.4 is 10.1 Å². The molecule has 1 aromatic rings. The normalized spacial score (nSPS) is 9.56. The number of unbranched alkanes of at least 4 members (excludes halogenated alkanes) is 2. The van der Waals surface area contributed by atoms with Crippen molar-refractivity contribution in [3.8, 4) is 11.8 Å². The first-order valence-corrected chi connectivity index (χ1v) is 6.16. The van der Waals surface area contributed by atoms with Gasteiger partial charge in [-0.15, -0.1) is 0 Å². The summed E-state index contributed by atoms with van der Waals surface area (Å²) in [5, 5.41) is 11.5. The molecule has 0 atom stereocenters. The van der Waals surface area contributed by atoms with Crippen molar-refractivity contribution >= 4 is 5.91 Å². The Kier molecular flexibility index (Phi) is 6.34. The number of benzene rings is 1. The Labute approximate surface area is 108 Å². The van der Waals surface area contributed by atoms with Crippen LogP contribution in [0.15, 0.2) is 24.3 Å². The molecule has 0 aliphatic rings. The molecule has 1 N–H and O–H groups in total. The number of ether oxygens (including phenoxy) is 1. The molecule has 1 amide bonds. The average Bonchev–Trinajstić information content (AvgIpc) is 2.41. The van der Waals surface area contributed by atoms with E-state index in [1.165, 1.54) is 0 Å². The Balaban J connectivity index is 2.27. The first-order valence-electron chi connectivity index (χ1n) is 6.16. The van der Waals surface area contributed by atoms with Gasteiger partial charge in [-0.05, 0) is 24.6 Å². The molecular weight excluding hydrogens is 228 g/mol. The molecule has 0 bridgehead atoms. The fraction of sp³-hybridized carbons (Fsp3) is 0.429. The highest BCUT2D eigenvalue weighted by atomic mass is 16.5. The van der Waals surface area contributed by atoms with E-state index in [9.17, 15) is 4.79 Å². The molecule has 0 aliphatic heterocycles. The number of amides is 1. The number of nitriles is 1. The summed E-state index contributed by atoms with van der Waals surface area (Å²) in [6, 6.07) is 8.79. The van der Waals surface area contributed by atoms with Crippen LogP contribution in [0.1, 0.15) is 31.7 Å². The predicted octanol–water partition coefficient (Wildman–Crippen LogP) is 2.24. The maximum atomic E-state index is 11.4. The lowest BCUT2D eigenvalue weighted by molar-refractivity contribution is -0.123. The Morgan fingerprint density at radius 3 is 3.00 bits per heavy atom. The Bertz CT molecular complexity index is 424. The molecule has 0 saturated heterocycles. The van der Waals surface area contributed by atoms with Crippen LogP contribution in [0, 0.1) is 11.3 Å². The summed E-state index contributed by atoms with van der Waals surface area (Å²) in [4.78, 5) is 11.4. The van der Waals surface area contributed by atoms with E-state index in [2.05, 4.69) is 12.2 Å². The van der Waals surface area contributed by atoms with Gasteiger partial charge in [0.05, 0.1) is 11.6 Å². The molecule has 1 rings (SSSR count). The van der Waals surface area contributed by atoms with Gasteiger partial charge < -0.3 is 10.1 Å². The Hall–Kier alpha value is -2.02. The van der Waals surface area contributed by atoms with Crippen molar-refractivity contribution < 1.29 is 9.53 Å². The second-order valence-electron chi connectivity index (χ2n) is 3.99. The summed E-state index contributed by atoms with van der Waals surface area (Å²) >= 11 is 0. The summed E-state index contributed by atoms with van der Waals surface area (Å²) in [5.41, 5.74) is 0.524. The number of carbonyl (C=O) groups is 1. The lowest BCUT2D eigenvalue weighted by Crippen LogP contribution is -2.29. The largest absolute Gasteiger partial charge is 0.484 e. The summed E-state index contributed by atoms with van der Waals surface area (Å²) in [6.45, 7) is 2.79. The zero-order valence-corrected chi connectivity index (χ0v) is 10.6. The van der Waals surface area contributed by atoms with E-state index in [-0.39, 0.29) is 12.5 Å². The maximum absolute atomic E-state index is 11.4.